The molecule has 0 aromatic heterocycles. The highest BCUT2D eigenvalue weighted by atomic mass is 19.4. The van der Waals surface area contributed by atoms with E-state index in [9.17, 15) is 13.2 Å². The van der Waals surface area contributed by atoms with E-state index < -0.39 is 11.7 Å². The third kappa shape index (κ3) is 2.26. The Morgan fingerprint density at radius 1 is 1.50 bits per heavy atom. The molecule has 6 heteroatoms. The largest absolute Gasteiger partial charge is 0.413 e. The van der Waals surface area contributed by atoms with Crippen molar-refractivity contribution in [1.82, 2.24) is 5.01 Å². The molecule has 1 rings (SSSR count). The molecule has 0 heterocycles. The van der Waals surface area contributed by atoms with Crippen LogP contribution in [0, 0.1) is 5.92 Å². The topological polar surface area (TPSA) is 55.3 Å². The van der Waals surface area contributed by atoms with Crippen molar-refractivity contribution in [2.24, 2.45) is 17.5 Å². The second-order valence-corrected chi connectivity index (χ2v) is 4.38. The van der Waals surface area contributed by atoms with Gasteiger partial charge in [0.2, 0.25) is 0 Å². The zero-order valence-electron chi connectivity index (χ0n) is 9.51. The van der Waals surface area contributed by atoms with E-state index in [-0.39, 0.29) is 18.8 Å². The van der Waals surface area contributed by atoms with E-state index in [0.29, 0.717) is 5.70 Å². The van der Waals surface area contributed by atoms with Gasteiger partial charge in [0.15, 0.2) is 5.54 Å². The standard InChI is InChI=1S/C10H18F3N3/c1-3-7(2)8(14)6-16(15)9(4-5-9)10(11,12)13/h6-7H,3-5,14-15H2,1-2H3/b8-6-. The Balaban J connectivity index is 2.77. The monoisotopic (exact) mass is 237 g/mol. The minimum absolute atomic E-state index is 0.0371. The van der Waals surface area contributed by atoms with Crippen LogP contribution < -0.4 is 11.6 Å². The molecule has 3 nitrogen and oxygen atoms in total. The molecule has 1 aliphatic carbocycles. The van der Waals surface area contributed by atoms with Crippen LogP contribution >= 0.6 is 0 Å². The van der Waals surface area contributed by atoms with E-state index in [4.69, 9.17) is 11.6 Å². The van der Waals surface area contributed by atoms with Gasteiger partial charge in [0, 0.05) is 11.9 Å². The van der Waals surface area contributed by atoms with Gasteiger partial charge in [0.1, 0.15) is 0 Å². The zero-order chi connectivity index (χ0) is 12.6. The zero-order valence-corrected chi connectivity index (χ0v) is 9.51. The van der Waals surface area contributed by atoms with Crippen LogP contribution in [0.1, 0.15) is 33.1 Å². The number of rotatable bonds is 4. The van der Waals surface area contributed by atoms with E-state index in [2.05, 4.69) is 0 Å². The third-order valence-electron chi connectivity index (χ3n) is 3.22. The molecule has 0 aromatic carbocycles. The maximum atomic E-state index is 12.7. The van der Waals surface area contributed by atoms with Gasteiger partial charge in [-0.3, -0.25) is 0 Å². The van der Waals surface area contributed by atoms with E-state index in [0.717, 1.165) is 11.4 Å². The van der Waals surface area contributed by atoms with Gasteiger partial charge in [-0.25, -0.2) is 5.84 Å². The molecule has 1 aliphatic rings. The van der Waals surface area contributed by atoms with Crippen LogP contribution in [-0.2, 0) is 0 Å². The van der Waals surface area contributed by atoms with Crippen LogP contribution in [0.15, 0.2) is 11.9 Å². The molecule has 4 N–H and O–H groups in total. The number of hydrazine groups is 1. The molecule has 0 spiro atoms. The maximum Gasteiger partial charge on any atom is 0.413 e. The number of hydrogen-bond acceptors (Lipinski definition) is 3. The first-order valence-electron chi connectivity index (χ1n) is 5.32. The summed E-state index contributed by atoms with van der Waals surface area (Å²) in [6, 6.07) is 0. The SMILES string of the molecule is CCC(C)/C(N)=C/N(N)C1(C(F)(F)F)CC1. The quantitative estimate of drug-likeness (QED) is 0.581. The molecule has 1 unspecified atom stereocenters. The average molecular weight is 237 g/mol. The highest BCUT2D eigenvalue weighted by Gasteiger charge is 2.66. The molecule has 0 aliphatic heterocycles. The van der Waals surface area contributed by atoms with Gasteiger partial charge in [-0.15, -0.1) is 0 Å². The molecule has 1 atom stereocenters. The van der Waals surface area contributed by atoms with Crippen LogP contribution in [0.5, 0.6) is 0 Å². The Labute approximate surface area is 93.2 Å². The van der Waals surface area contributed by atoms with Crippen molar-refractivity contribution < 1.29 is 13.2 Å². The molecule has 0 radical (unpaired) electrons. The summed E-state index contributed by atoms with van der Waals surface area (Å²) in [7, 11) is 0. The highest BCUT2D eigenvalue weighted by Crippen LogP contribution is 2.52. The van der Waals surface area contributed by atoms with Crippen molar-refractivity contribution in [3.8, 4) is 0 Å². The van der Waals surface area contributed by atoms with Gasteiger partial charge in [0.05, 0.1) is 0 Å². The molecule has 0 aromatic rings. The summed E-state index contributed by atoms with van der Waals surface area (Å²) in [5.41, 5.74) is 4.17. The Morgan fingerprint density at radius 2 is 2.00 bits per heavy atom. The van der Waals surface area contributed by atoms with Gasteiger partial charge in [0.25, 0.3) is 0 Å². The molecule has 0 bridgehead atoms. The van der Waals surface area contributed by atoms with E-state index in [1.807, 2.05) is 13.8 Å². The molecule has 94 valence electrons. The van der Waals surface area contributed by atoms with Crippen molar-refractivity contribution in [2.75, 3.05) is 0 Å². The molecular weight excluding hydrogens is 219 g/mol. The minimum atomic E-state index is -4.30. The van der Waals surface area contributed by atoms with Crippen molar-refractivity contribution in [3.05, 3.63) is 11.9 Å². The van der Waals surface area contributed by atoms with Crippen LogP contribution in [0.25, 0.3) is 0 Å². The number of allylic oxidation sites excluding steroid dienone is 1. The molecule has 1 saturated carbocycles. The average Bonchev–Trinajstić information content (AvgIpc) is 2.95. The second kappa shape index (κ2) is 4.16. The lowest BCUT2D eigenvalue weighted by molar-refractivity contribution is -0.189. The summed E-state index contributed by atoms with van der Waals surface area (Å²) in [6.45, 7) is 3.77. The van der Waals surface area contributed by atoms with Gasteiger partial charge >= 0.3 is 6.18 Å². The van der Waals surface area contributed by atoms with Crippen molar-refractivity contribution in [3.63, 3.8) is 0 Å². The Bertz CT molecular complexity index is 282. The summed E-state index contributed by atoms with van der Waals surface area (Å²) in [6.07, 6.45) is -2.23. The van der Waals surface area contributed by atoms with Crippen LogP contribution in [0.2, 0.25) is 0 Å². The van der Waals surface area contributed by atoms with Crippen molar-refractivity contribution in [2.45, 2.75) is 44.8 Å². The summed E-state index contributed by atoms with van der Waals surface area (Å²) in [5, 5.41) is 0.731. The normalized spacial score (nSPS) is 21.8. The number of nitrogens with two attached hydrogens (primary N) is 2. The fourth-order valence-corrected chi connectivity index (χ4v) is 1.45. The lowest BCUT2D eigenvalue weighted by Gasteiger charge is -2.29. The smallest absolute Gasteiger partial charge is 0.401 e. The predicted octanol–water partition coefficient (Wildman–Crippen LogP) is 2.10. The first-order valence-corrected chi connectivity index (χ1v) is 5.32. The Hall–Kier alpha value is -0.910. The van der Waals surface area contributed by atoms with E-state index in [1.54, 1.807) is 0 Å². The number of halogens is 3. The van der Waals surface area contributed by atoms with Gasteiger partial charge < -0.3 is 10.7 Å². The number of hydrogen-bond donors (Lipinski definition) is 2. The lowest BCUT2D eigenvalue weighted by Crippen LogP contribution is -2.49. The third-order valence-corrected chi connectivity index (χ3v) is 3.22. The van der Waals surface area contributed by atoms with E-state index >= 15 is 0 Å². The Morgan fingerprint density at radius 3 is 2.31 bits per heavy atom. The van der Waals surface area contributed by atoms with E-state index in [1.165, 1.54) is 6.20 Å². The summed E-state index contributed by atoms with van der Waals surface area (Å²) in [4.78, 5) is 0. The number of nitrogens with zero attached hydrogens (tertiary/aromatic N) is 1. The molecule has 1 fully saturated rings. The van der Waals surface area contributed by atoms with Crippen molar-refractivity contribution in [1.29, 1.82) is 0 Å². The van der Waals surface area contributed by atoms with Crippen LogP contribution in [0.3, 0.4) is 0 Å². The molecule has 0 saturated heterocycles. The first kappa shape index (κ1) is 13.2. The van der Waals surface area contributed by atoms with Gasteiger partial charge in [-0.2, -0.15) is 13.2 Å². The fraction of sp³-hybridized carbons (Fsp3) is 0.800. The second-order valence-electron chi connectivity index (χ2n) is 4.38. The lowest BCUT2D eigenvalue weighted by atomic mass is 10.1. The van der Waals surface area contributed by atoms with Crippen molar-refractivity contribution >= 4 is 0 Å². The van der Waals surface area contributed by atoms with Crippen LogP contribution in [-0.4, -0.2) is 16.7 Å². The molecule has 16 heavy (non-hydrogen) atoms. The van der Waals surface area contributed by atoms with Gasteiger partial charge in [-0.05, 0) is 25.2 Å². The van der Waals surface area contributed by atoms with Gasteiger partial charge in [-0.1, -0.05) is 13.8 Å². The fourth-order valence-electron chi connectivity index (χ4n) is 1.45. The van der Waals surface area contributed by atoms with Crippen LogP contribution in [0.4, 0.5) is 13.2 Å². The summed E-state index contributed by atoms with van der Waals surface area (Å²) >= 11 is 0. The number of alkyl halides is 3. The summed E-state index contributed by atoms with van der Waals surface area (Å²) < 4.78 is 38.1. The maximum absolute atomic E-state index is 12.7. The molecule has 0 amide bonds. The first-order chi connectivity index (χ1) is 7.24. The highest BCUT2D eigenvalue weighted by molar-refractivity contribution is 5.13. The minimum Gasteiger partial charge on any atom is -0.401 e. The predicted molar refractivity (Wildman–Crippen MR) is 55.8 cm³/mol. The summed E-state index contributed by atoms with van der Waals surface area (Å²) in [5.74, 6) is 5.49. The Kier molecular flexibility index (Phi) is 3.42. The molecular formula is C10H18F3N3.